The van der Waals surface area contributed by atoms with Gasteiger partial charge in [0.25, 0.3) is 0 Å². The van der Waals surface area contributed by atoms with Gasteiger partial charge in [-0.2, -0.15) is 0 Å². The van der Waals surface area contributed by atoms with Crippen molar-refractivity contribution in [2.24, 2.45) is 5.92 Å². The van der Waals surface area contributed by atoms with E-state index in [1.165, 1.54) is 51.4 Å². The SMILES string of the molecule is C=CC=CCCCCCCCCCCC(CCC)C(=O)O. The molecule has 0 saturated heterocycles. The number of allylic oxidation sites excluding steroid dienone is 3. The topological polar surface area (TPSA) is 37.3 Å². The second kappa shape index (κ2) is 15.3. The maximum Gasteiger partial charge on any atom is 0.306 e. The van der Waals surface area contributed by atoms with E-state index in [1.807, 2.05) is 12.2 Å². The van der Waals surface area contributed by atoms with Crippen LogP contribution in [0.1, 0.15) is 84.0 Å². The quantitative estimate of drug-likeness (QED) is 0.291. The van der Waals surface area contributed by atoms with E-state index < -0.39 is 5.97 Å². The van der Waals surface area contributed by atoms with Crippen molar-refractivity contribution < 1.29 is 9.90 Å². The Balaban J connectivity index is 3.30. The van der Waals surface area contributed by atoms with E-state index in [0.29, 0.717) is 0 Å². The standard InChI is InChI=1S/C19H34O2/c1-3-5-6-7-8-9-10-11-12-13-14-15-17-18(16-4-2)19(20)21/h3,5-6,18H,1,4,7-17H2,2H3,(H,20,21). The Morgan fingerprint density at radius 2 is 1.57 bits per heavy atom. The number of hydrogen-bond acceptors (Lipinski definition) is 1. The van der Waals surface area contributed by atoms with Crippen LogP contribution < -0.4 is 0 Å². The van der Waals surface area contributed by atoms with Crippen molar-refractivity contribution in [1.82, 2.24) is 0 Å². The third-order valence-corrected chi connectivity index (χ3v) is 3.93. The normalized spacial score (nSPS) is 12.6. The van der Waals surface area contributed by atoms with Crippen LogP contribution in [-0.4, -0.2) is 11.1 Å². The van der Waals surface area contributed by atoms with E-state index >= 15 is 0 Å². The van der Waals surface area contributed by atoms with Crippen molar-refractivity contribution in [2.45, 2.75) is 84.0 Å². The third kappa shape index (κ3) is 13.7. The summed E-state index contributed by atoms with van der Waals surface area (Å²) < 4.78 is 0. The van der Waals surface area contributed by atoms with Crippen LogP contribution in [-0.2, 0) is 4.79 Å². The fraction of sp³-hybridized carbons (Fsp3) is 0.737. The molecule has 1 N–H and O–H groups in total. The number of hydrogen-bond donors (Lipinski definition) is 1. The van der Waals surface area contributed by atoms with Gasteiger partial charge in [-0.15, -0.1) is 0 Å². The number of carboxylic acids is 1. The lowest BCUT2D eigenvalue weighted by Crippen LogP contribution is -2.13. The Morgan fingerprint density at radius 3 is 2.10 bits per heavy atom. The molecule has 122 valence electrons. The maximum atomic E-state index is 11.0. The Bertz CT molecular complexity index is 281. The second-order valence-electron chi connectivity index (χ2n) is 5.89. The highest BCUT2D eigenvalue weighted by Gasteiger charge is 2.15. The number of unbranched alkanes of at least 4 members (excludes halogenated alkanes) is 8. The molecule has 0 spiro atoms. The summed E-state index contributed by atoms with van der Waals surface area (Å²) >= 11 is 0. The molecule has 21 heavy (non-hydrogen) atoms. The van der Waals surface area contributed by atoms with Gasteiger partial charge < -0.3 is 5.11 Å². The maximum absolute atomic E-state index is 11.0. The molecule has 0 aliphatic heterocycles. The number of rotatable bonds is 15. The minimum atomic E-state index is -0.609. The Kier molecular flexibility index (Phi) is 14.6. The number of carbonyl (C=O) groups is 1. The molecule has 1 atom stereocenters. The van der Waals surface area contributed by atoms with Gasteiger partial charge in [-0.25, -0.2) is 0 Å². The fourth-order valence-electron chi connectivity index (χ4n) is 2.65. The zero-order valence-electron chi connectivity index (χ0n) is 13.9. The lowest BCUT2D eigenvalue weighted by molar-refractivity contribution is -0.142. The number of carboxylic acid groups (broad SMARTS) is 1. The van der Waals surface area contributed by atoms with Crippen molar-refractivity contribution in [3.63, 3.8) is 0 Å². The minimum absolute atomic E-state index is 0.112. The van der Waals surface area contributed by atoms with E-state index in [1.54, 1.807) is 0 Å². The molecular formula is C19H34O2. The van der Waals surface area contributed by atoms with Crippen LogP contribution in [0.5, 0.6) is 0 Å². The largest absolute Gasteiger partial charge is 0.481 e. The molecule has 2 heteroatoms. The van der Waals surface area contributed by atoms with E-state index in [2.05, 4.69) is 19.6 Å². The van der Waals surface area contributed by atoms with Crippen LogP contribution in [0.4, 0.5) is 0 Å². The van der Waals surface area contributed by atoms with Crippen molar-refractivity contribution >= 4 is 5.97 Å². The fourth-order valence-corrected chi connectivity index (χ4v) is 2.65. The highest BCUT2D eigenvalue weighted by molar-refractivity contribution is 5.69. The summed E-state index contributed by atoms with van der Waals surface area (Å²) in [6.45, 7) is 5.71. The van der Waals surface area contributed by atoms with Gasteiger partial charge in [-0.3, -0.25) is 4.79 Å². The molecular weight excluding hydrogens is 260 g/mol. The molecule has 2 nitrogen and oxygen atoms in total. The molecule has 0 bridgehead atoms. The van der Waals surface area contributed by atoms with Crippen LogP contribution in [0.2, 0.25) is 0 Å². The summed E-state index contributed by atoms with van der Waals surface area (Å²) in [6.07, 6.45) is 19.9. The van der Waals surface area contributed by atoms with E-state index in [0.717, 1.165) is 25.7 Å². The predicted molar refractivity (Wildman–Crippen MR) is 91.5 cm³/mol. The van der Waals surface area contributed by atoms with Gasteiger partial charge in [0, 0.05) is 0 Å². The first kappa shape index (κ1) is 19.9. The number of aliphatic carboxylic acids is 1. The molecule has 0 aliphatic rings. The zero-order chi connectivity index (χ0) is 15.8. The summed E-state index contributed by atoms with van der Waals surface area (Å²) in [6, 6.07) is 0. The summed E-state index contributed by atoms with van der Waals surface area (Å²) in [5.41, 5.74) is 0. The molecule has 0 fully saturated rings. The first-order valence-electron chi connectivity index (χ1n) is 8.72. The van der Waals surface area contributed by atoms with E-state index in [9.17, 15) is 4.79 Å². The van der Waals surface area contributed by atoms with Crippen molar-refractivity contribution in [1.29, 1.82) is 0 Å². The Morgan fingerprint density at radius 1 is 1.00 bits per heavy atom. The van der Waals surface area contributed by atoms with Gasteiger partial charge in [0.05, 0.1) is 5.92 Å². The lowest BCUT2D eigenvalue weighted by Gasteiger charge is -2.10. The van der Waals surface area contributed by atoms with Gasteiger partial charge >= 0.3 is 5.97 Å². The van der Waals surface area contributed by atoms with Crippen LogP contribution in [0, 0.1) is 5.92 Å². The van der Waals surface area contributed by atoms with Gasteiger partial charge in [0.15, 0.2) is 0 Å². The van der Waals surface area contributed by atoms with E-state index in [-0.39, 0.29) is 5.92 Å². The molecule has 0 heterocycles. The third-order valence-electron chi connectivity index (χ3n) is 3.93. The van der Waals surface area contributed by atoms with Crippen molar-refractivity contribution in [3.8, 4) is 0 Å². The van der Waals surface area contributed by atoms with Gasteiger partial charge in [-0.1, -0.05) is 83.1 Å². The summed E-state index contributed by atoms with van der Waals surface area (Å²) in [5, 5.41) is 9.07. The molecule has 0 aromatic rings. The van der Waals surface area contributed by atoms with Gasteiger partial charge in [0.2, 0.25) is 0 Å². The predicted octanol–water partition coefficient (Wildman–Crippen LogP) is 6.13. The summed E-state index contributed by atoms with van der Waals surface area (Å²) in [5.74, 6) is -0.721. The average Bonchev–Trinajstić information content (AvgIpc) is 2.47. The summed E-state index contributed by atoms with van der Waals surface area (Å²) in [4.78, 5) is 11.0. The molecule has 1 unspecified atom stereocenters. The molecule has 0 rings (SSSR count). The Labute approximate surface area is 131 Å². The summed E-state index contributed by atoms with van der Waals surface area (Å²) in [7, 11) is 0. The molecule has 0 radical (unpaired) electrons. The van der Waals surface area contributed by atoms with Gasteiger partial charge in [0.1, 0.15) is 0 Å². The van der Waals surface area contributed by atoms with Gasteiger partial charge in [-0.05, 0) is 25.7 Å². The molecule has 0 amide bonds. The first-order chi connectivity index (χ1) is 10.2. The van der Waals surface area contributed by atoms with E-state index in [4.69, 9.17) is 5.11 Å². The Hall–Kier alpha value is -1.05. The van der Waals surface area contributed by atoms with Crippen LogP contribution >= 0.6 is 0 Å². The second-order valence-corrected chi connectivity index (χ2v) is 5.89. The average molecular weight is 294 g/mol. The highest BCUT2D eigenvalue weighted by Crippen LogP contribution is 2.17. The van der Waals surface area contributed by atoms with Crippen LogP contribution in [0.25, 0.3) is 0 Å². The van der Waals surface area contributed by atoms with Crippen molar-refractivity contribution in [2.75, 3.05) is 0 Å². The lowest BCUT2D eigenvalue weighted by atomic mass is 9.96. The zero-order valence-corrected chi connectivity index (χ0v) is 13.9. The van der Waals surface area contributed by atoms with Crippen LogP contribution in [0.15, 0.2) is 24.8 Å². The monoisotopic (exact) mass is 294 g/mol. The molecule has 0 saturated carbocycles. The van der Waals surface area contributed by atoms with Crippen LogP contribution in [0.3, 0.4) is 0 Å². The van der Waals surface area contributed by atoms with Crippen molar-refractivity contribution in [3.05, 3.63) is 24.8 Å². The first-order valence-corrected chi connectivity index (χ1v) is 8.72. The minimum Gasteiger partial charge on any atom is -0.481 e. The molecule has 0 aromatic heterocycles. The molecule has 0 aliphatic carbocycles. The highest BCUT2D eigenvalue weighted by atomic mass is 16.4. The smallest absolute Gasteiger partial charge is 0.306 e. The molecule has 0 aromatic carbocycles.